The summed E-state index contributed by atoms with van der Waals surface area (Å²) in [4.78, 5) is 30.7. The molecule has 4 N–H and O–H groups in total. The van der Waals surface area contributed by atoms with Crippen LogP contribution in [-0.4, -0.2) is 61.7 Å². The quantitative estimate of drug-likeness (QED) is 0.217. The average molecular weight is 596 g/mol. The van der Waals surface area contributed by atoms with Gasteiger partial charge in [0.1, 0.15) is 0 Å². The van der Waals surface area contributed by atoms with Crippen molar-refractivity contribution in [1.82, 2.24) is 9.21 Å². The molecule has 3 aromatic rings. The molecule has 0 aliphatic carbocycles. The van der Waals surface area contributed by atoms with Gasteiger partial charge in [0.15, 0.2) is 5.96 Å². The fraction of sp³-hybridized carbons (Fsp3) is 0.207. The van der Waals surface area contributed by atoms with Crippen molar-refractivity contribution in [1.29, 1.82) is 0 Å². The Hall–Kier alpha value is -4.19. The highest BCUT2D eigenvalue weighted by Gasteiger charge is 2.36. The number of esters is 1. The first kappa shape index (κ1) is 29.8. The number of amides is 1. The summed E-state index contributed by atoms with van der Waals surface area (Å²) in [6.07, 6.45) is 1.96. The zero-order valence-corrected chi connectivity index (χ0v) is 23.9. The van der Waals surface area contributed by atoms with Gasteiger partial charge >= 0.3 is 5.97 Å². The molecule has 41 heavy (non-hydrogen) atoms. The Bertz CT molecular complexity index is 1550. The normalized spacial score (nSPS) is 15.3. The van der Waals surface area contributed by atoms with Gasteiger partial charge in [0.2, 0.25) is 10.0 Å². The zero-order valence-electron chi connectivity index (χ0n) is 22.3. The van der Waals surface area contributed by atoms with Crippen LogP contribution in [0.25, 0.3) is 6.08 Å². The number of sulfonamides is 1. The van der Waals surface area contributed by atoms with Gasteiger partial charge in [-0.3, -0.25) is 4.79 Å². The van der Waals surface area contributed by atoms with Crippen molar-refractivity contribution in [3.63, 3.8) is 0 Å². The number of carbonyl (C=O) groups excluding carboxylic acids is 2. The van der Waals surface area contributed by atoms with Gasteiger partial charge in [-0.2, -0.15) is 4.31 Å². The highest BCUT2D eigenvalue weighted by atomic mass is 35.5. The molecular formula is C29H30ClN5O5S. The molecule has 0 spiro atoms. The third-order valence-corrected chi connectivity index (χ3v) is 8.39. The molecule has 3 aromatic carbocycles. The number of benzene rings is 3. The van der Waals surface area contributed by atoms with E-state index in [9.17, 15) is 18.0 Å². The van der Waals surface area contributed by atoms with Crippen LogP contribution in [0.5, 0.6) is 0 Å². The summed E-state index contributed by atoms with van der Waals surface area (Å²) in [6.45, 7) is 0.644. The average Bonchev–Trinajstić information content (AvgIpc) is 3.45. The Morgan fingerprint density at radius 1 is 1.02 bits per heavy atom. The summed E-state index contributed by atoms with van der Waals surface area (Å²) in [5, 5.41) is 1.70. The van der Waals surface area contributed by atoms with E-state index >= 15 is 0 Å². The predicted molar refractivity (Wildman–Crippen MR) is 159 cm³/mol. The van der Waals surface area contributed by atoms with E-state index in [1.54, 1.807) is 77.7 Å². The molecule has 1 atom stereocenters. The van der Waals surface area contributed by atoms with Crippen LogP contribution in [-0.2, 0) is 21.3 Å². The van der Waals surface area contributed by atoms with E-state index in [0.717, 1.165) is 5.41 Å². The molecule has 1 saturated heterocycles. The third-order valence-electron chi connectivity index (χ3n) is 6.57. The van der Waals surface area contributed by atoms with Crippen molar-refractivity contribution in [2.45, 2.75) is 19.0 Å². The molecule has 1 aliphatic heterocycles. The number of methoxy groups -OCH3 is 1. The van der Waals surface area contributed by atoms with Crippen molar-refractivity contribution in [2.24, 2.45) is 16.5 Å². The summed E-state index contributed by atoms with van der Waals surface area (Å²) in [5.41, 5.74) is 13.5. The maximum absolute atomic E-state index is 13.7. The molecule has 4 rings (SSSR count). The lowest BCUT2D eigenvalue weighted by Crippen LogP contribution is -2.41. The summed E-state index contributed by atoms with van der Waals surface area (Å²) in [6, 6.07) is 19.4. The number of likely N-dealkylation sites (tertiary alicyclic amines) is 1. The van der Waals surface area contributed by atoms with Crippen LogP contribution in [0.1, 0.15) is 38.3 Å². The number of hydrogen-bond donors (Lipinski definition) is 2. The predicted octanol–water partition coefficient (Wildman–Crippen LogP) is 3.75. The zero-order chi connectivity index (χ0) is 29.6. The monoisotopic (exact) mass is 595 g/mol. The third kappa shape index (κ3) is 7.72. The number of carbonyl (C=O) groups is 2. The molecule has 10 nitrogen and oxygen atoms in total. The minimum absolute atomic E-state index is 0.0503. The Morgan fingerprint density at radius 2 is 1.66 bits per heavy atom. The van der Waals surface area contributed by atoms with Crippen LogP contribution in [0.4, 0.5) is 5.69 Å². The van der Waals surface area contributed by atoms with E-state index in [4.69, 9.17) is 27.8 Å². The van der Waals surface area contributed by atoms with Crippen molar-refractivity contribution in [2.75, 3.05) is 20.2 Å². The largest absolute Gasteiger partial charge is 0.465 e. The Kier molecular flexibility index (Phi) is 9.43. The molecule has 1 aliphatic rings. The van der Waals surface area contributed by atoms with Crippen molar-refractivity contribution in [3.05, 3.63) is 105 Å². The second-order valence-corrected chi connectivity index (χ2v) is 11.6. The van der Waals surface area contributed by atoms with Crippen LogP contribution < -0.4 is 11.5 Å². The van der Waals surface area contributed by atoms with Gasteiger partial charge in [0.05, 0.1) is 18.4 Å². The fourth-order valence-electron chi connectivity index (χ4n) is 4.46. The van der Waals surface area contributed by atoms with Crippen LogP contribution >= 0.6 is 11.6 Å². The van der Waals surface area contributed by atoms with Crippen LogP contribution in [0.3, 0.4) is 0 Å². The Morgan fingerprint density at radius 3 is 2.27 bits per heavy atom. The molecule has 1 heterocycles. The lowest BCUT2D eigenvalue weighted by atomic mass is 10.1. The highest BCUT2D eigenvalue weighted by Crippen LogP contribution is 2.25. The van der Waals surface area contributed by atoms with Gasteiger partial charge in [-0.05, 0) is 72.2 Å². The molecule has 214 valence electrons. The number of halogens is 1. The van der Waals surface area contributed by atoms with Crippen LogP contribution in [0, 0.1) is 0 Å². The van der Waals surface area contributed by atoms with Gasteiger partial charge in [0.25, 0.3) is 5.91 Å². The molecule has 0 aromatic heterocycles. The van der Waals surface area contributed by atoms with E-state index in [2.05, 4.69) is 4.99 Å². The van der Waals surface area contributed by atoms with Crippen molar-refractivity contribution >= 4 is 51.2 Å². The molecular weight excluding hydrogens is 566 g/mol. The molecule has 1 unspecified atom stereocenters. The lowest BCUT2D eigenvalue weighted by Gasteiger charge is -2.27. The standard InChI is InChI=1S/C29H30ClN5O5S/c1-40-28(37)23-6-2-21(3-7-23)18-35(41(38,39)17-15-20-4-10-24(30)11-5-20)26-14-16-34(19-26)27(36)22-8-12-25(13-9-22)33-29(31)32/h2-13,15,17,26H,14,16,18-19H2,1H3,(H4,31,32,33)/b17-15+. The minimum atomic E-state index is -3.92. The number of aliphatic imine (C=N–C) groups is 1. The lowest BCUT2D eigenvalue weighted by molar-refractivity contribution is 0.0600. The maximum Gasteiger partial charge on any atom is 0.337 e. The number of hydrogen-bond acceptors (Lipinski definition) is 6. The molecule has 0 saturated carbocycles. The Balaban J connectivity index is 1.57. The minimum Gasteiger partial charge on any atom is -0.465 e. The first-order chi connectivity index (χ1) is 19.6. The van der Waals surface area contributed by atoms with Gasteiger partial charge < -0.3 is 21.1 Å². The van der Waals surface area contributed by atoms with Gasteiger partial charge in [-0.15, -0.1) is 0 Å². The van der Waals surface area contributed by atoms with E-state index < -0.39 is 22.0 Å². The summed E-state index contributed by atoms with van der Waals surface area (Å²) in [5.74, 6) is -0.791. The van der Waals surface area contributed by atoms with Crippen molar-refractivity contribution in [3.8, 4) is 0 Å². The maximum atomic E-state index is 13.7. The smallest absolute Gasteiger partial charge is 0.337 e. The molecule has 1 fully saturated rings. The fourth-order valence-corrected chi connectivity index (χ4v) is 5.99. The number of nitrogens with zero attached hydrogens (tertiary/aromatic N) is 3. The SMILES string of the molecule is COC(=O)c1ccc(CN(C2CCN(C(=O)c3ccc(N=C(N)N)cc3)C2)S(=O)(=O)/C=C/c2ccc(Cl)cc2)cc1. The molecule has 0 bridgehead atoms. The van der Waals surface area contributed by atoms with E-state index in [1.807, 2.05) is 0 Å². The number of guanidine groups is 1. The van der Waals surface area contributed by atoms with Crippen LogP contribution in [0.15, 0.2) is 83.2 Å². The summed E-state index contributed by atoms with van der Waals surface area (Å²) in [7, 11) is -2.63. The Labute approximate surface area is 243 Å². The van der Waals surface area contributed by atoms with Gasteiger partial charge in [-0.1, -0.05) is 35.9 Å². The second-order valence-electron chi connectivity index (χ2n) is 9.41. The molecule has 0 radical (unpaired) electrons. The first-order valence-corrected chi connectivity index (χ1v) is 14.6. The van der Waals surface area contributed by atoms with Crippen molar-refractivity contribution < 1.29 is 22.7 Å². The van der Waals surface area contributed by atoms with E-state index in [-0.39, 0.29) is 25.0 Å². The van der Waals surface area contributed by atoms with E-state index in [1.165, 1.54) is 17.5 Å². The van der Waals surface area contributed by atoms with Gasteiger partial charge in [-0.25, -0.2) is 18.2 Å². The topological polar surface area (TPSA) is 148 Å². The highest BCUT2D eigenvalue weighted by molar-refractivity contribution is 7.92. The van der Waals surface area contributed by atoms with E-state index in [0.29, 0.717) is 45.9 Å². The number of ether oxygens (including phenoxy) is 1. The summed E-state index contributed by atoms with van der Waals surface area (Å²) < 4.78 is 33.5. The number of rotatable bonds is 9. The first-order valence-electron chi connectivity index (χ1n) is 12.7. The molecule has 12 heteroatoms. The molecule has 1 amide bonds. The number of nitrogens with two attached hydrogens (primary N) is 2. The second kappa shape index (κ2) is 13.0. The van der Waals surface area contributed by atoms with Crippen LogP contribution in [0.2, 0.25) is 5.02 Å². The summed E-state index contributed by atoms with van der Waals surface area (Å²) >= 11 is 5.95. The van der Waals surface area contributed by atoms with Gasteiger partial charge in [0, 0.05) is 41.7 Å².